The zero-order chi connectivity index (χ0) is 16.7. The molecule has 1 amide bonds. The van der Waals surface area contributed by atoms with Gasteiger partial charge >= 0.3 is 0 Å². The van der Waals surface area contributed by atoms with Crippen LogP contribution < -0.4 is 4.74 Å². The molecule has 0 spiro atoms. The molecule has 0 aliphatic rings. The molecule has 5 heteroatoms. The molecule has 0 radical (unpaired) electrons. The summed E-state index contributed by atoms with van der Waals surface area (Å²) < 4.78 is 6.62. The van der Waals surface area contributed by atoms with E-state index in [1.54, 1.807) is 19.1 Å². The molecule has 0 N–H and O–H groups in total. The molecule has 0 bridgehead atoms. The standard InChI is InChI=1S/C18H17BrN2O2/c1-14(23-17-9-7-16(19)8-10-17)18(22)21(12-11-20)13-15-5-3-2-4-6-15/h2-10,14H,12-13H2,1H3. The van der Waals surface area contributed by atoms with Crippen molar-refractivity contribution in [1.29, 1.82) is 5.26 Å². The minimum absolute atomic E-state index is 0.0295. The van der Waals surface area contributed by atoms with E-state index in [1.165, 1.54) is 4.90 Å². The lowest BCUT2D eigenvalue weighted by Gasteiger charge is -2.24. The Morgan fingerprint density at radius 1 is 1.22 bits per heavy atom. The van der Waals surface area contributed by atoms with Gasteiger partial charge < -0.3 is 9.64 Å². The van der Waals surface area contributed by atoms with E-state index in [9.17, 15) is 4.79 Å². The van der Waals surface area contributed by atoms with Gasteiger partial charge in [-0.3, -0.25) is 4.79 Å². The molecule has 0 saturated heterocycles. The predicted molar refractivity (Wildman–Crippen MR) is 91.7 cm³/mol. The quantitative estimate of drug-likeness (QED) is 0.725. The summed E-state index contributed by atoms with van der Waals surface area (Å²) in [7, 11) is 0. The molecule has 23 heavy (non-hydrogen) atoms. The number of ether oxygens (including phenoxy) is 1. The van der Waals surface area contributed by atoms with Crippen molar-refractivity contribution in [3.8, 4) is 11.8 Å². The highest BCUT2D eigenvalue weighted by molar-refractivity contribution is 9.10. The van der Waals surface area contributed by atoms with E-state index < -0.39 is 6.10 Å². The fourth-order valence-electron chi connectivity index (χ4n) is 2.13. The molecular weight excluding hydrogens is 356 g/mol. The molecule has 0 aromatic heterocycles. The first-order valence-electron chi connectivity index (χ1n) is 7.22. The second kappa shape index (κ2) is 8.35. The van der Waals surface area contributed by atoms with Crippen molar-refractivity contribution in [2.45, 2.75) is 19.6 Å². The zero-order valence-corrected chi connectivity index (χ0v) is 14.4. The number of benzene rings is 2. The lowest BCUT2D eigenvalue weighted by atomic mass is 10.2. The van der Waals surface area contributed by atoms with Crippen molar-refractivity contribution in [2.24, 2.45) is 0 Å². The van der Waals surface area contributed by atoms with Gasteiger partial charge in [-0.15, -0.1) is 0 Å². The summed E-state index contributed by atoms with van der Waals surface area (Å²) in [4.78, 5) is 14.0. The molecule has 1 atom stereocenters. The summed E-state index contributed by atoms with van der Waals surface area (Å²) in [5, 5.41) is 8.98. The van der Waals surface area contributed by atoms with Crippen LogP contribution in [0, 0.1) is 11.3 Å². The first-order valence-corrected chi connectivity index (χ1v) is 8.01. The van der Waals surface area contributed by atoms with Crippen molar-refractivity contribution in [3.63, 3.8) is 0 Å². The van der Waals surface area contributed by atoms with Gasteiger partial charge in [0.1, 0.15) is 12.3 Å². The average Bonchev–Trinajstić information content (AvgIpc) is 2.57. The second-order valence-corrected chi connectivity index (χ2v) is 5.97. The Kier molecular flexibility index (Phi) is 6.19. The van der Waals surface area contributed by atoms with Gasteiger partial charge in [0.15, 0.2) is 6.10 Å². The maximum Gasteiger partial charge on any atom is 0.264 e. The summed E-state index contributed by atoms with van der Waals surface area (Å²) in [5.41, 5.74) is 0.979. The Balaban J connectivity index is 2.04. The largest absolute Gasteiger partial charge is 0.481 e. The maximum absolute atomic E-state index is 12.5. The highest BCUT2D eigenvalue weighted by atomic mass is 79.9. The first kappa shape index (κ1) is 17.0. The third kappa shape index (κ3) is 5.11. The minimum atomic E-state index is -0.659. The molecule has 118 valence electrons. The van der Waals surface area contributed by atoms with Crippen LogP contribution in [0.2, 0.25) is 0 Å². The van der Waals surface area contributed by atoms with E-state index in [-0.39, 0.29) is 12.5 Å². The van der Waals surface area contributed by atoms with Crippen LogP contribution in [-0.2, 0) is 11.3 Å². The number of nitriles is 1. The topological polar surface area (TPSA) is 53.3 Å². The summed E-state index contributed by atoms with van der Waals surface area (Å²) in [6.07, 6.45) is -0.659. The summed E-state index contributed by atoms with van der Waals surface area (Å²) in [6.45, 7) is 2.11. The van der Waals surface area contributed by atoms with E-state index in [0.29, 0.717) is 12.3 Å². The van der Waals surface area contributed by atoms with Crippen LogP contribution in [0.3, 0.4) is 0 Å². The lowest BCUT2D eigenvalue weighted by Crippen LogP contribution is -2.40. The number of rotatable bonds is 6. The first-order chi connectivity index (χ1) is 11.1. The Morgan fingerprint density at radius 3 is 2.48 bits per heavy atom. The zero-order valence-electron chi connectivity index (χ0n) is 12.8. The van der Waals surface area contributed by atoms with Gasteiger partial charge in [0.25, 0.3) is 5.91 Å². The number of hydrogen-bond acceptors (Lipinski definition) is 3. The normalized spacial score (nSPS) is 11.3. The number of carbonyl (C=O) groups excluding carboxylic acids is 1. The number of amides is 1. The predicted octanol–water partition coefficient (Wildman–Crippen LogP) is 3.77. The third-order valence-electron chi connectivity index (χ3n) is 3.26. The van der Waals surface area contributed by atoms with Crippen LogP contribution in [0.5, 0.6) is 5.75 Å². The molecule has 2 aromatic carbocycles. The van der Waals surface area contributed by atoms with Gasteiger partial charge in [0, 0.05) is 11.0 Å². The Morgan fingerprint density at radius 2 is 1.87 bits per heavy atom. The maximum atomic E-state index is 12.5. The molecule has 2 aromatic rings. The van der Waals surface area contributed by atoms with Crippen LogP contribution in [0.4, 0.5) is 0 Å². The number of hydrogen-bond donors (Lipinski definition) is 0. The summed E-state index contributed by atoms with van der Waals surface area (Å²) >= 11 is 3.35. The Labute approximate surface area is 144 Å². The van der Waals surface area contributed by atoms with Crippen LogP contribution in [0.25, 0.3) is 0 Å². The van der Waals surface area contributed by atoms with Crippen molar-refractivity contribution < 1.29 is 9.53 Å². The van der Waals surface area contributed by atoms with E-state index in [0.717, 1.165) is 10.0 Å². The van der Waals surface area contributed by atoms with Gasteiger partial charge in [-0.2, -0.15) is 5.26 Å². The number of halogens is 1. The van der Waals surface area contributed by atoms with Crippen LogP contribution in [-0.4, -0.2) is 23.5 Å². The molecule has 4 nitrogen and oxygen atoms in total. The van der Waals surface area contributed by atoms with Crippen LogP contribution in [0.15, 0.2) is 59.1 Å². The molecule has 0 aliphatic heterocycles. The van der Waals surface area contributed by atoms with E-state index >= 15 is 0 Å². The van der Waals surface area contributed by atoms with Crippen molar-refractivity contribution in [2.75, 3.05) is 6.54 Å². The molecule has 0 saturated carbocycles. The third-order valence-corrected chi connectivity index (χ3v) is 3.79. The lowest BCUT2D eigenvalue weighted by molar-refractivity contribution is -0.137. The van der Waals surface area contributed by atoms with Crippen molar-refractivity contribution in [1.82, 2.24) is 4.90 Å². The highest BCUT2D eigenvalue weighted by Gasteiger charge is 2.22. The molecule has 1 unspecified atom stereocenters. The Bertz CT molecular complexity index is 680. The minimum Gasteiger partial charge on any atom is -0.481 e. The molecule has 0 fully saturated rings. The van der Waals surface area contributed by atoms with Crippen molar-refractivity contribution >= 4 is 21.8 Å². The SMILES string of the molecule is CC(Oc1ccc(Br)cc1)C(=O)N(CC#N)Cc1ccccc1. The fraction of sp³-hybridized carbons (Fsp3) is 0.222. The van der Waals surface area contributed by atoms with Gasteiger partial charge in [0.2, 0.25) is 0 Å². The Hall–Kier alpha value is -2.32. The van der Waals surface area contributed by atoms with E-state index in [1.807, 2.05) is 48.5 Å². The average molecular weight is 373 g/mol. The molecule has 2 rings (SSSR count). The highest BCUT2D eigenvalue weighted by Crippen LogP contribution is 2.18. The number of carbonyl (C=O) groups is 1. The van der Waals surface area contributed by atoms with Gasteiger partial charge in [0.05, 0.1) is 6.07 Å². The van der Waals surface area contributed by atoms with Gasteiger partial charge in [-0.25, -0.2) is 0 Å². The van der Waals surface area contributed by atoms with Crippen LogP contribution in [0.1, 0.15) is 12.5 Å². The second-order valence-electron chi connectivity index (χ2n) is 5.05. The summed E-state index contributed by atoms with van der Waals surface area (Å²) in [6, 6.07) is 18.9. The summed E-state index contributed by atoms with van der Waals surface area (Å²) in [5.74, 6) is 0.406. The van der Waals surface area contributed by atoms with Gasteiger partial charge in [-0.05, 0) is 36.8 Å². The molecular formula is C18H17BrN2O2. The van der Waals surface area contributed by atoms with Gasteiger partial charge in [-0.1, -0.05) is 46.3 Å². The molecule has 0 heterocycles. The fourth-order valence-corrected chi connectivity index (χ4v) is 2.39. The van der Waals surface area contributed by atoms with Crippen LogP contribution >= 0.6 is 15.9 Å². The number of nitrogens with zero attached hydrogens (tertiary/aromatic N) is 2. The van der Waals surface area contributed by atoms with E-state index in [2.05, 4.69) is 15.9 Å². The van der Waals surface area contributed by atoms with Crippen molar-refractivity contribution in [3.05, 3.63) is 64.6 Å². The smallest absolute Gasteiger partial charge is 0.264 e. The monoisotopic (exact) mass is 372 g/mol. The van der Waals surface area contributed by atoms with E-state index in [4.69, 9.17) is 10.00 Å². The molecule has 0 aliphatic carbocycles.